The Morgan fingerprint density at radius 3 is 2.89 bits per heavy atom. The smallest absolute Gasteiger partial charge is 0.328 e. The van der Waals surface area contributed by atoms with Crippen LogP contribution in [0.5, 0.6) is 0 Å². The molecule has 0 aromatic carbocycles. The average Bonchev–Trinajstić information content (AvgIpc) is 2.46. The van der Waals surface area contributed by atoms with Crippen molar-refractivity contribution in [1.29, 1.82) is 0 Å². The zero-order valence-electron chi connectivity index (χ0n) is 10.2. The monoisotopic (exact) mass is 259 g/mol. The fourth-order valence-electron chi connectivity index (χ4n) is 1.70. The molecule has 2 rings (SSSR count). The number of amides is 1. The van der Waals surface area contributed by atoms with Gasteiger partial charge in [-0.05, 0) is 18.4 Å². The zero-order chi connectivity index (χ0) is 13.7. The van der Waals surface area contributed by atoms with Crippen LogP contribution in [0, 0.1) is 0 Å². The number of carboxylic acids is 1. The van der Waals surface area contributed by atoms with Gasteiger partial charge in [0.05, 0.1) is 6.20 Å². The molecule has 0 aromatic heterocycles. The van der Waals surface area contributed by atoms with Gasteiger partial charge in [0.2, 0.25) is 0 Å². The fourth-order valence-corrected chi connectivity index (χ4v) is 1.70. The second-order valence-electron chi connectivity index (χ2n) is 3.97. The number of carboxylic acid groups (broad SMARTS) is 1. The van der Waals surface area contributed by atoms with Gasteiger partial charge in [-0.25, -0.2) is 4.79 Å². The lowest BCUT2D eigenvalue weighted by atomic mass is 10.0. The van der Waals surface area contributed by atoms with Crippen molar-refractivity contribution in [2.75, 3.05) is 0 Å². The van der Waals surface area contributed by atoms with Crippen molar-refractivity contribution in [3.8, 4) is 0 Å². The van der Waals surface area contributed by atoms with E-state index < -0.39 is 11.9 Å². The molecule has 0 spiro atoms. The predicted octanol–water partition coefficient (Wildman–Crippen LogP) is 2.08. The van der Waals surface area contributed by atoms with Crippen molar-refractivity contribution in [3.63, 3.8) is 0 Å². The van der Waals surface area contributed by atoms with E-state index in [0.29, 0.717) is 5.76 Å². The van der Waals surface area contributed by atoms with Crippen LogP contribution in [0.4, 0.5) is 0 Å². The van der Waals surface area contributed by atoms with E-state index in [0.717, 1.165) is 30.6 Å². The maximum Gasteiger partial charge on any atom is 0.328 e. The highest BCUT2D eigenvalue weighted by Crippen LogP contribution is 2.24. The summed E-state index contributed by atoms with van der Waals surface area (Å²) in [4.78, 5) is 23.4. The van der Waals surface area contributed by atoms with E-state index >= 15 is 0 Å². The molecule has 0 atom stereocenters. The van der Waals surface area contributed by atoms with Crippen LogP contribution < -0.4 is 0 Å². The summed E-state index contributed by atoms with van der Waals surface area (Å²) >= 11 is 0. The molecule has 0 saturated carbocycles. The first-order valence-electron chi connectivity index (χ1n) is 5.81. The molecule has 0 fully saturated rings. The van der Waals surface area contributed by atoms with E-state index in [-0.39, 0.29) is 0 Å². The third-order valence-corrected chi connectivity index (χ3v) is 2.63. The molecular weight excluding hydrogens is 246 g/mol. The molecule has 0 aromatic rings. The fraction of sp³-hybridized carbons (Fsp3) is 0.143. The Labute approximate surface area is 110 Å². The first-order valence-corrected chi connectivity index (χ1v) is 5.81. The van der Waals surface area contributed by atoms with E-state index in [9.17, 15) is 9.59 Å². The van der Waals surface area contributed by atoms with Gasteiger partial charge in [-0.2, -0.15) is 0 Å². The second kappa shape index (κ2) is 5.86. The van der Waals surface area contributed by atoms with E-state index in [1.54, 1.807) is 6.20 Å². The Morgan fingerprint density at radius 1 is 1.37 bits per heavy atom. The number of hydrogen-bond acceptors (Lipinski definition) is 3. The normalized spacial score (nSPS) is 18.0. The molecule has 0 unspecified atom stereocenters. The molecule has 0 radical (unpaired) electrons. The van der Waals surface area contributed by atoms with Crippen molar-refractivity contribution in [1.82, 2.24) is 4.90 Å². The first-order chi connectivity index (χ1) is 9.16. The molecular formula is C14H13NO4. The summed E-state index contributed by atoms with van der Waals surface area (Å²) in [6.07, 6.45) is 13.9. The molecule has 1 aliphatic heterocycles. The topological polar surface area (TPSA) is 66.8 Å². The molecule has 2 aliphatic rings. The van der Waals surface area contributed by atoms with E-state index in [4.69, 9.17) is 9.84 Å². The summed E-state index contributed by atoms with van der Waals surface area (Å²) in [5.41, 5.74) is 1.01. The third-order valence-electron chi connectivity index (χ3n) is 2.63. The molecule has 1 amide bonds. The van der Waals surface area contributed by atoms with Gasteiger partial charge in [-0.15, -0.1) is 0 Å². The van der Waals surface area contributed by atoms with Crippen LogP contribution in [-0.4, -0.2) is 21.9 Å². The molecule has 1 heterocycles. The number of aliphatic carboxylic acids is 1. The SMILES string of the molecule is O=C(O)/C=C\C(=O)N1C=COC(C2=CC=CCC2)=C1. The number of carbonyl (C=O) groups excluding carboxylic acids is 1. The number of ether oxygens (including phenoxy) is 1. The van der Waals surface area contributed by atoms with Gasteiger partial charge in [0.1, 0.15) is 12.0 Å². The standard InChI is InChI=1S/C14H13NO4/c16-13(6-7-14(17)18)15-8-9-19-12(10-15)11-4-2-1-3-5-11/h1-2,4,6-10H,3,5H2,(H,17,18)/b7-6-. The number of carbonyl (C=O) groups is 2. The van der Waals surface area contributed by atoms with Gasteiger partial charge in [-0.1, -0.05) is 18.2 Å². The Balaban J connectivity index is 2.12. The minimum absolute atomic E-state index is 0.439. The first kappa shape index (κ1) is 12.9. The van der Waals surface area contributed by atoms with Crippen LogP contribution in [0.3, 0.4) is 0 Å². The van der Waals surface area contributed by atoms with Crippen molar-refractivity contribution in [2.24, 2.45) is 0 Å². The summed E-state index contributed by atoms with van der Waals surface area (Å²) in [5.74, 6) is -0.995. The average molecular weight is 259 g/mol. The van der Waals surface area contributed by atoms with Crippen LogP contribution in [0.15, 0.2) is 60.4 Å². The van der Waals surface area contributed by atoms with Gasteiger partial charge in [0, 0.05) is 18.4 Å². The maximum absolute atomic E-state index is 11.7. The van der Waals surface area contributed by atoms with Crippen LogP contribution >= 0.6 is 0 Å². The van der Waals surface area contributed by atoms with Crippen molar-refractivity contribution in [2.45, 2.75) is 12.8 Å². The molecule has 1 N–H and O–H groups in total. The van der Waals surface area contributed by atoms with Gasteiger partial charge >= 0.3 is 5.97 Å². The number of hydrogen-bond donors (Lipinski definition) is 1. The molecule has 0 bridgehead atoms. The highest BCUT2D eigenvalue weighted by molar-refractivity contribution is 5.95. The van der Waals surface area contributed by atoms with Gasteiger partial charge < -0.3 is 9.84 Å². The Bertz CT molecular complexity index is 538. The predicted molar refractivity (Wildman–Crippen MR) is 68.4 cm³/mol. The minimum atomic E-state index is -1.16. The Kier molecular flexibility index (Phi) is 3.97. The molecule has 19 heavy (non-hydrogen) atoms. The van der Waals surface area contributed by atoms with Crippen molar-refractivity contribution >= 4 is 11.9 Å². The summed E-state index contributed by atoms with van der Waals surface area (Å²) < 4.78 is 5.37. The second-order valence-corrected chi connectivity index (χ2v) is 3.97. The number of allylic oxidation sites excluding steroid dienone is 4. The maximum atomic E-state index is 11.7. The van der Waals surface area contributed by atoms with Crippen LogP contribution in [0.25, 0.3) is 0 Å². The summed E-state index contributed by atoms with van der Waals surface area (Å²) in [5, 5.41) is 8.48. The highest BCUT2D eigenvalue weighted by atomic mass is 16.5. The lowest BCUT2D eigenvalue weighted by Crippen LogP contribution is -2.21. The minimum Gasteiger partial charge on any atom is -0.478 e. The van der Waals surface area contributed by atoms with Crippen LogP contribution in [0.2, 0.25) is 0 Å². The Morgan fingerprint density at radius 2 is 2.21 bits per heavy atom. The van der Waals surface area contributed by atoms with Gasteiger partial charge in [0.15, 0.2) is 0 Å². The lowest BCUT2D eigenvalue weighted by molar-refractivity contribution is -0.132. The number of rotatable bonds is 3. The largest absolute Gasteiger partial charge is 0.478 e. The molecule has 5 heteroatoms. The highest BCUT2D eigenvalue weighted by Gasteiger charge is 2.15. The van der Waals surface area contributed by atoms with E-state index in [2.05, 4.69) is 6.08 Å². The Hall–Kier alpha value is -2.56. The zero-order valence-corrected chi connectivity index (χ0v) is 10.2. The summed E-state index contributed by atoms with van der Waals surface area (Å²) in [6.45, 7) is 0. The molecule has 98 valence electrons. The number of nitrogens with zero attached hydrogens (tertiary/aromatic N) is 1. The van der Waals surface area contributed by atoms with Crippen LogP contribution in [0.1, 0.15) is 12.8 Å². The lowest BCUT2D eigenvalue weighted by Gasteiger charge is -2.20. The summed E-state index contributed by atoms with van der Waals surface area (Å²) in [6, 6.07) is 0. The molecule has 1 aliphatic carbocycles. The van der Waals surface area contributed by atoms with Crippen LogP contribution in [-0.2, 0) is 14.3 Å². The van der Waals surface area contributed by atoms with Gasteiger partial charge in [0.25, 0.3) is 5.91 Å². The van der Waals surface area contributed by atoms with Crippen molar-refractivity contribution in [3.05, 3.63) is 60.4 Å². The van der Waals surface area contributed by atoms with Gasteiger partial charge in [-0.3, -0.25) is 9.69 Å². The molecule has 5 nitrogen and oxygen atoms in total. The van der Waals surface area contributed by atoms with E-state index in [1.807, 2.05) is 12.2 Å². The quantitative estimate of drug-likeness (QED) is 0.788. The molecule has 0 saturated heterocycles. The van der Waals surface area contributed by atoms with E-state index in [1.165, 1.54) is 17.4 Å². The third kappa shape index (κ3) is 3.45. The summed E-state index contributed by atoms with van der Waals surface area (Å²) in [7, 11) is 0. The van der Waals surface area contributed by atoms with Crippen molar-refractivity contribution < 1.29 is 19.4 Å².